The number of aromatic nitrogens is 3. The summed E-state index contributed by atoms with van der Waals surface area (Å²) >= 11 is 1.23. The third kappa shape index (κ3) is 4.72. The highest BCUT2D eigenvalue weighted by molar-refractivity contribution is 7.99. The Labute approximate surface area is 170 Å². The first kappa shape index (κ1) is 18.9. The maximum absolute atomic E-state index is 12.1. The molecule has 0 aliphatic rings. The van der Waals surface area contributed by atoms with Crippen LogP contribution in [-0.4, -0.2) is 33.0 Å². The van der Waals surface area contributed by atoms with Gasteiger partial charge in [-0.15, -0.1) is 0 Å². The Balaban J connectivity index is 1.30. The van der Waals surface area contributed by atoms with Gasteiger partial charge in [0.1, 0.15) is 5.52 Å². The number of carbonyl (C=O) groups excluding carboxylic acids is 1. The fourth-order valence-electron chi connectivity index (χ4n) is 2.76. The van der Waals surface area contributed by atoms with Crippen LogP contribution in [0.3, 0.4) is 0 Å². The van der Waals surface area contributed by atoms with Crippen molar-refractivity contribution in [2.24, 2.45) is 0 Å². The average molecular weight is 406 g/mol. The third-order valence-corrected chi connectivity index (χ3v) is 5.01. The van der Waals surface area contributed by atoms with Crippen molar-refractivity contribution in [1.29, 1.82) is 0 Å². The normalized spacial score (nSPS) is 10.9. The number of amides is 1. The van der Waals surface area contributed by atoms with Gasteiger partial charge in [0.05, 0.1) is 18.0 Å². The summed E-state index contributed by atoms with van der Waals surface area (Å²) in [4.78, 5) is 28.4. The largest absolute Gasteiger partial charge is 0.431 e. The predicted molar refractivity (Wildman–Crippen MR) is 112 cm³/mol. The molecule has 4 rings (SSSR count). The molecule has 0 bridgehead atoms. The highest BCUT2D eigenvalue weighted by atomic mass is 32.2. The standard InChI is InChI=1S/C21H18N4O3S/c26-19(14-29-21-23-17-8-4-5-9-18(17)28-21)22-12-13-25-20(27)11-10-16(24-25)15-6-2-1-3-7-15/h1-11H,12-14H2,(H,22,26). The highest BCUT2D eigenvalue weighted by Gasteiger charge is 2.09. The zero-order chi connectivity index (χ0) is 20.1. The fourth-order valence-corrected chi connectivity index (χ4v) is 3.43. The lowest BCUT2D eigenvalue weighted by Gasteiger charge is -2.08. The number of carbonyl (C=O) groups is 1. The molecule has 0 fully saturated rings. The third-order valence-electron chi connectivity index (χ3n) is 4.18. The van der Waals surface area contributed by atoms with E-state index in [2.05, 4.69) is 15.4 Å². The number of para-hydroxylation sites is 2. The zero-order valence-electron chi connectivity index (χ0n) is 15.4. The van der Waals surface area contributed by atoms with E-state index in [0.29, 0.717) is 29.6 Å². The van der Waals surface area contributed by atoms with E-state index < -0.39 is 0 Å². The second kappa shape index (κ2) is 8.74. The Bertz CT molecular complexity index is 1150. The molecule has 0 aliphatic carbocycles. The summed E-state index contributed by atoms with van der Waals surface area (Å²) in [6.45, 7) is 0.594. The molecule has 29 heavy (non-hydrogen) atoms. The molecule has 1 N–H and O–H groups in total. The van der Waals surface area contributed by atoms with Gasteiger partial charge < -0.3 is 9.73 Å². The topological polar surface area (TPSA) is 90.0 Å². The van der Waals surface area contributed by atoms with Crippen LogP contribution >= 0.6 is 11.8 Å². The molecule has 0 atom stereocenters. The van der Waals surface area contributed by atoms with E-state index in [4.69, 9.17) is 4.42 Å². The minimum atomic E-state index is -0.209. The smallest absolute Gasteiger partial charge is 0.266 e. The number of nitrogens with one attached hydrogen (secondary N) is 1. The van der Waals surface area contributed by atoms with E-state index in [0.717, 1.165) is 11.1 Å². The second-order valence-electron chi connectivity index (χ2n) is 6.23. The van der Waals surface area contributed by atoms with Gasteiger partial charge in [-0.25, -0.2) is 9.67 Å². The summed E-state index contributed by atoms with van der Waals surface area (Å²) in [5.74, 6) is 0.0173. The lowest BCUT2D eigenvalue weighted by Crippen LogP contribution is -2.32. The van der Waals surface area contributed by atoms with Crippen LogP contribution in [0.4, 0.5) is 0 Å². The summed E-state index contributed by atoms with van der Waals surface area (Å²) in [5.41, 5.74) is 2.89. The number of thioether (sulfide) groups is 1. The molecule has 0 saturated carbocycles. The molecule has 0 radical (unpaired) electrons. The Hall–Kier alpha value is -3.39. The SMILES string of the molecule is O=C(CSc1nc2ccccc2o1)NCCn1nc(-c2ccccc2)ccc1=O. The van der Waals surface area contributed by atoms with E-state index in [1.54, 1.807) is 6.07 Å². The van der Waals surface area contributed by atoms with Crippen LogP contribution in [-0.2, 0) is 11.3 Å². The Morgan fingerprint density at radius 2 is 1.83 bits per heavy atom. The number of fused-ring (bicyclic) bond motifs is 1. The molecule has 0 spiro atoms. The number of oxazole rings is 1. The van der Waals surface area contributed by atoms with Crippen LogP contribution in [0.1, 0.15) is 0 Å². The molecule has 0 unspecified atom stereocenters. The molecule has 7 nitrogen and oxygen atoms in total. The minimum absolute atomic E-state index is 0.162. The maximum Gasteiger partial charge on any atom is 0.266 e. The first-order chi connectivity index (χ1) is 14.2. The van der Waals surface area contributed by atoms with Crippen LogP contribution < -0.4 is 10.9 Å². The van der Waals surface area contributed by atoms with E-state index in [-0.39, 0.29) is 17.2 Å². The number of rotatable bonds is 7. The number of nitrogens with zero attached hydrogens (tertiary/aromatic N) is 3. The van der Waals surface area contributed by atoms with Crippen molar-refractivity contribution in [3.63, 3.8) is 0 Å². The van der Waals surface area contributed by atoms with Crippen molar-refractivity contribution < 1.29 is 9.21 Å². The van der Waals surface area contributed by atoms with Crippen LogP contribution in [0.5, 0.6) is 0 Å². The molecule has 146 valence electrons. The van der Waals surface area contributed by atoms with Crippen molar-refractivity contribution in [2.75, 3.05) is 12.3 Å². The van der Waals surface area contributed by atoms with E-state index in [1.165, 1.54) is 22.5 Å². The van der Waals surface area contributed by atoms with Crippen molar-refractivity contribution >= 4 is 28.8 Å². The molecular formula is C21H18N4O3S. The van der Waals surface area contributed by atoms with Crippen molar-refractivity contribution in [2.45, 2.75) is 11.8 Å². The van der Waals surface area contributed by atoms with Crippen molar-refractivity contribution in [3.05, 3.63) is 77.1 Å². The molecule has 2 aromatic carbocycles. The monoisotopic (exact) mass is 406 g/mol. The van der Waals surface area contributed by atoms with Crippen molar-refractivity contribution in [3.8, 4) is 11.3 Å². The fraction of sp³-hybridized carbons (Fsp3) is 0.143. The van der Waals surface area contributed by atoms with Gasteiger partial charge in [-0.05, 0) is 18.2 Å². The van der Waals surface area contributed by atoms with Crippen LogP contribution in [0.2, 0.25) is 0 Å². The number of benzene rings is 2. The summed E-state index contributed by atoms with van der Waals surface area (Å²) in [6.07, 6.45) is 0. The van der Waals surface area contributed by atoms with Crippen LogP contribution in [0.25, 0.3) is 22.4 Å². The van der Waals surface area contributed by atoms with Crippen molar-refractivity contribution in [1.82, 2.24) is 20.1 Å². The van der Waals surface area contributed by atoms with Gasteiger partial charge >= 0.3 is 0 Å². The van der Waals surface area contributed by atoms with Gasteiger partial charge in [-0.2, -0.15) is 5.10 Å². The lowest BCUT2D eigenvalue weighted by molar-refractivity contribution is -0.118. The number of hydrogen-bond acceptors (Lipinski definition) is 6. The zero-order valence-corrected chi connectivity index (χ0v) is 16.3. The summed E-state index contributed by atoms with van der Waals surface area (Å²) in [7, 11) is 0. The maximum atomic E-state index is 12.1. The summed E-state index contributed by atoms with van der Waals surface area (Å²) in [5, 5.41) is 7.63. The molecule has 2 aromatic heterocycles. The Morgan fingerprint density at radius 1 is 1.03 bits per heavy atom. The van der Waals surface area contributed by atoms with Gasteiger partial charge in [0.25, 0.3) is 10.8 Å². The quantitative estimate of drug-likeness (QED) is 0.475. The first-order valence-corrected chi connectivity index (χ1v) is 10.1. The molecular weight excluding hydrogens is 388 g/mol. The summed E-state index contributed by atoms with van der Waals surface area (Å²) in [6, 6.07) is 20.3. The molecule has 4 aromatic rings. The van der Waals surface area contributed by atoms with Gasteiger partial charge in [0, 0.05) is 18.2 Å². The van der Waals surface area contributed by atoms with Gasteiger partial charge in [0.15, 0.2) is 5.58 Å². The molecule has 0 saturated heterocycles. The Morgan fingerprint density at radius 3 is 2.66 bits per heavy atom. The average Bonchev–Trinajstić information content (AvgIpc) is 3.17. The Kier molecular flexibility index (Phi) is 5.71. The van der Waals surface area contributed by atoms with Gasteiger partial charge in [-0.1, -0.05) is 54.2 Å². The number of hydrogen-bond donors (Lipinski definition) is 1. The van der Waals surface area contributed by atoms with Crippen LogP contribution in [0.15, 0.2) is 81.2 Å². The molecule has 2 heterocycles. The van der Waals surface area contributed by atoms with Crippen LogP contribution in [0, 0.1) is 0 Å². The predicted octanol–water partition coefficient (Wildman–Crippen LogP) is 2.96. The van der Waals surface area contributed by atoms with E-state index in [1.807, 2.05) is 54.6 Å². The molecule has 0 aliphatic heterocycles. The molecule has 1 amide bonds. The first-order valence-electron chi connectivity index (χ1n) is 9.08. The minimum Gasteiger partial charge on any atom is -0.431 e. The molecule has 8 heteroatoms. The second-order valence-corrected chi connectivity index (χ2v) is 7.16. The van der Waals surface area contributed by atoms with Gasteiger partial charge in [0.2, 0.25) is 5.91 Å². The summed E-state index contributed by atoms with van der Waals surface area (Å²) < 4.78 is 6.94. The lowest BCUT2D eigenvalue weighted by atomic mass is 10.1. The van der Waals surface area contributed by atoms with E-state index >= 15 is 0 Å². The van der Waals surface area contributed by atoms with Gasteiger partial charge in [-0.3, -0.25) is 9.59 Å². The van der Waals surface area contributed by atoms with E-state index in [9.17, 15) is 9.59 Å². The highest BCUT2D eigenvalue weighted by Crippen LogP contribution is 2.22.